The molecule has 0 N–H and O–H groups in total. The Hall–Kier alpha value is -4.60. The van der Waals surface area contributed by atoms with Gasteiger partial charge in [-0.2, -0.15) is 0 Å². The van der Waals surface area contributed by atoms with Gasteiger partial charge in [0.15, 0.2) is 0 Å². The molecule has 2 aromatic heterocycles. The SMILES string of the molecule is C[Si](C)(C)c1ccc(-c2ccc(-c3ccc(-c4cc(-c5ccccc5)nc(-c5ccccc5)c4)cn3)cc2)cc1. The maximum Gasteiger partial charge on any atom is 0.0775 e. The van der Waals surface area contributed by atoms with E-state index in [4.69, 9.17) is 9.97 Å². The average Bonchev–Trinajstić information content (AvgIpc) is 3.01. The zero-order valence-electron chi connectivity index (χ0n) is 23.2. The van der Waals surface area contributed by atoms with Crippen LogP contribution in [-0.4, -0.2) is 18.0 Å². The van der Waals surface area contributed by atoms with Gasteiger partial charge in [0.2, 0.25) is 0 Å². The summed E-state index contributed by atoms with van der Waals surface area (Å²) >= 11 is 0. The standard InChI is InChI=1S/C37H32N2Si/c1-40(2,3)34-21-18-28(19-22-34)27-14-16-31(17-15-27)35-23-20-32(26-38-35)33-24-36(29-10-6-4-7-11-29)39-37(25-33)30-12-8-5-9-13-30/h4-26H,1-3H3. The molecular weight excluding hydrogens is 501 g/mol. The van der Waals surface area contributed by atoms with E-state index in [1.165, 1.54) is 16.3 Å². The summed E-state index contributed by atoms with van der Waals surface area (Å²) in [5, 5.41) is 1.48. The topological polar surface area (TPSA) is 25.8 Å². The van der Waals surface area contributed by atoms with Crippen LogP contribution in [0, 0.1) is 0 Å². The molecular formula is C37H32N2Si. The van der Waals surface area contributed by atoms with E-state index < -0.39 is 8.07 Å². The smallest absolute Gasteiger partial charge is 0.0775 e. The van der Waals surface area contributed by atoms with Crippen LogP contribution < -0.4 is 5.19 Å². The van der Waals surface area contributed by atoms with Crippen molar-refractivity contribution in [3.05, 3.63) is 140 Å². The van der Waals surface area contributed by atoms with Crippen molar-refractivity contribution in [2.45, 2.75) is 19.6 Å². The van der Waals surface area contributed by atoms with E-state index in [1.54, 1.807) is 0 Å². The average molecular weight is 533 g/mol. The fourth-order valence-electron chi connectivity index (χ4n) is 4.94. The lowest BCUT2D eigenvalue weighted by molar-refractivity contribution is 1.30. The lowest BCUT2D eigenvalue weighted by Gasteiger charge is -2.16. The Labute approximate surface area is 238 Å². The molecule has 4 aromatic carbocycles. The predicted molar refractivity (Wildman–Crippen MR) is 172 cm³/mol. The van der Waals surface area contributed by atoms with Gasteiger partial charge in [0, 0.05) is 28.5 Å². The van der Waals surface area contributed by atoms with Gasteiger partial charge >= 0.3 is 0 Å². The van der Waals surface area contributed by atoms with Crippen molar-refractivity contribution in [1.82, 2.24) is 9.97 Å². The molecule has 40 heavy (non-hydrogen) atoms. The van der Waals surface area contributed by atoms with Gasteiger partial charge in [-0.15, -0.1) is 0 Å². The van der Waals surface area contributed by atoms with Crippen molar-refractivity contribution in [2.75, 3.05) is 0 Å². The third-order valence-electron chi connectivity index (χ3n) is 7.33. The number of aromatic nitrogens is 2. The Bertz CT molecular complexity index is 1660. The van der Waals surface area contributed by atoms with Gasteiger partial charge in [-0.25, -0.2) is 4.98 Å². The number of rotatable bonds is 6. The summed E-state index contributed by atoms with van der Waals surface area (Å²) in [5.41, 5.74) is 10.8. The normalized spacial score (nSPS) is 11.4. The third-order valence-corrected chi connectivity index (χ3v) is 9.39. The zero-order chi connectivity index (χ0) is 27.5. The Morgan fingerprint density at radius 2 is 0.850 bits per heavy atom. The van der Waals surface area contributed by atoms with E-state index in [2.05, 4.69) is 141 Å². The molecule has 0 aliphatic rings. The van der Waals surface area contributed by atoms with Crippen molar-refractivity contribution < 1.29 is 0 Å². The van der Waals surface area contributed by atoms with Crippen molar-refractivity contribution in [3.63, 3.8) is 0 Å². The summed E-state index contributed by atoms with van der Waals surface area (Å²) < 4.78 is 0. The molecule has 2 heterocycles. The van der Waals surface area contributed by atoms with Gasteiger partial charge in [0.05, 0.1) is 25.2 Å². The zero-order valence-corrected chi connectivity index (χ0v) is 24.2. The molecule has 6 aromatic rings. The summed E-state index contributed by atoms with van der Waals surface area (Å²) in [6.07, 6.45) is 1.97. The molecule has 0 fully saturated rings. The van der Waals surface area contributed by atoms with Gasteiger partial charge in [0.1, 0.15) is 0 Å². The van der Waals surface area contributed by atoms with E-state index in [1.807, 2.05) is 18.3 Å². The van der Waals surface area contributed by atoms with Crippen LogP contribution >= 0.6 is 0 Å². The van der Waals surface area contributed by atoms with Gasteiger partial charge < -0.3 is 0 Å². The number of nitrogens with zero attached hydrogens (tertiary/aromatic N) is 2. The highest BCUT2D eigenvalue weighted by Crippen LogP contribution is 2.31. The summed E-state index contributed by atoms with van der Waals surface area (Å²) in [7, 11) is -1.29. The monoisotopic (exact) mass is 532 g/mol. The Morgan fingerprint density at radius 1 is 0.400 bits per heavy atom. The summed E-state index contributed by atoms with van der Waals surface area (Å²) in [6.45, 7) is 7.15. The van der Waals surface area contributed by atoms with Gasteiger partial charge in [0.25, 0.3) is 0 Å². The van der Waals surface area contributed by atoms with Gasteiger partial charge in [-0.05, 0) is 34.9 Å². The van der Waals surface area contributed by atoms with E-state index >= 15 is 0 Å². The van der Waals surface area contributed by atoms with E-state index in [-0.39, 0.29) is 0 Å². The molecule has 0 aliphatic heterocycles. The summed E-state index contributed by atoms with van der Waals surface area (Å²) in [4.78, 5) is 9.85. The van der Waals surface area contributed by atoms with E-state index in [9.17, 15) is 0 Å². The molecule has 6 rings (SSSR count). The van der Waals surface area contributed by atoms with Crippen LogP contribution in [0.5, 0.6) is 0 Å². The molecule has 0 unspecified atom stereocenters. The van der Waals surface area contributed by atoms with Crippen LogP contribution in [0.1, 0.15) is 0 Å². The lowest BCUT2D eigenvalue weighted by atomic mass is 10.00. The molecule has 3 heteroatoms. The second-order valence-electron chi connectivity index (χ2n) is 11.2. The maximum absolute atomic E-state index is 5.00. The fourth-order valence-corrected chi connectivity index (χ4v) is 6.11. The number of pyridine rings is 2. The minimum Gasteiger partial charge on any atom is -0.256 e. The minimum absolute atomic E-state index is 0.953. The predicted octanol–water partition coefficient (Wildman–Crippen LogP) is 9.36. The Kier molecular flexibility index (Phi) is 6.98. The second-order valence-corrected chi connectivity index (χ2v) is 16.3. The lowest BCUT2D eigenvalue weighted by Crippen LogP contribution is -2.37. The first-order valence-corrected chi connectivity index (χ1v) is 17.2. The van der Waals surface area contributed by atoms with Crippen molar-refractivity contribution in [2.24, 2.45) is 0 Å². The molecule has 0 aliphatic carbocycles. The highest BCUT2D eigenvalue weighted by molar-refractivity contribution is 6.88. The van der Waals surface area contributed by atoms with Crippen LogP contribution in [0.4, 0.5) is 0 Å². The molecule has 2 nitrogen and oxygen atoms in total. The number of hydrogen-bond acceptors (Lipinski definition) is 2. The minimum atomic E-state index is -1.29. The van der Waals surface area contributed by atoms with E-state index in [0.29, 0.717) is 0 Å². The first-order valence-electron chi connectivity index (χ1n) is 13.7. The van der Waals surface area contributed by atoms with Crippen LogP contribution in [0.2, 0.25) is 19.6 Å². The van der Waals surface area contributed by atoms with Crippen LogP contribution in [-0.2, 0) is 0 Å². The number of benzene rings is 4. The Balaban J connectivity index is 1.29. The molecule has 0 saturated heterocycles. The highest BCUT2D eigenvalue weighted by atomic mass is 28.3. The van der Waals surface area contributed by atoms with Crippen molar-refractivity contribution >= 4 is 13.3 Å². The second kappa shape index (κ2) is 10.9. The van der Waals surface area contributed by atoms with Crippen LogP contribution in [0.15, 0.2) is 140 Å². The van der Waals surface area contributed by atoms with Crippen molar-refractivity contribution in [1.29, 1.82) is 0 Å². The maximum atomic E-state index is 5.00. The number of hydrogen-bond donors (Lipinski definition) is 0. The Morgan fingerprint density at radius 3 is 1.32 bits per heavy atom. The van der Waals surface area contributed by atoms with Crippen molar-refractivity contribution in [3.8, 4) is 56.0 Å². The molecule has 0 bridgehead atoms. The molecule has 0 saturated carbocycles. The molecule has 0 radical (unpaired) electrons. The summed E-state index contributed by atoms with van der Waals surface area (Å²) in [5.74, 6) is 0. The first-order chi connectivity index (χ1) is 19.4. The molecule has 0 amide bonds. The first kappa shape index (κ1) is 25.7. The van der Waals surface area contributed by atoms with E-state index in [0.717, 1.165) is 44.9 Å². The summed E-state index contributed by atoms with van der Waals surface area (Å²) in [6, 6.07) is 47.0. The van der Waals surface area contributed by atoms with Gasteiger partial charge in [-0.1, -0.05) is 140 Å². The molecule has 0 atom stereocenters. The molecule has 0 spiro atoms. The van der Waals surface area contributed by atoms with Gasteiger partial charge in [-0.3, -0.25) is 4.98 Å². The fraction of sp³-hybridized carbons (Fsp3) is 0.0811. The largest absolute Gasteiger partial charge is 0.256 e. The van der Waals surface area contributed by atoms with Crippen LogP contribution in [0.25, 0.3) is 56.0 Å². The quantitative estimate of drug-likeness (QED) is 0.200. The third kappa shape index (κ3) is 5.56. The van der Waals surface area contributed by atoms with Crippen LogP contribution in [0.3, 0.4) is 0 Å². The molecule has 194 valence electrons. The highest BCUT2D eigenvalue weighted by Gasteiger charge is 2.16.